The molecular weight excluding hydrogens is 220 g/mol. The lowest BCUT2D eigenvalue weighted by Crippen LogP contribution is -2.47. The molecule has 0 saturated carbocycles. The number of hydrogen-bond donors (Lipinski definition) is 1. The predicted molar refractivity (Wildman–Crippen MR) is 63.7 cm³/mol. The van der Waals surface area contributed by atoms with Gasteiger partial charge < -0.3 is 19.3 Å². The zero-order chi connectivity index (χ0) is 12.3. The van der Waals surface area contributed by atoms with Crippen molar-refractivity contribution in [2.75, 3.05) is 34.0 Å². The number of methoxy groups -OCH3 is 2. The first kappa shape index (κ1) is 12.2. The zero-order valence-corrected chi connectivity index (χ0v) is 10.2. The highest BCUT2D eigenvalue weighted by atomic mass is 16.5. The molecule has 0 amide bonds. The number of rotatable bonds is 5. The Morgan fingerprint density at radius 2 is 1.94 bits per heavy atom. The molecule has 1 heterocycles. The molecule has 1 aliphatic rings. The second kappa shape index (κ2) is 4.94. The first-order valence-electron chi connectivity index (χ1n) is 5.67. The van der Waals surface area contributed by atoms with E-state index < -0.39 is 0 Å². The van der Waals surface area contributed by atoms with E-state index in [4.69, 9.17) is 19.3 Å². The van der Waals surface area contributed by atoms with E-state index in [1.165, 1.54) is 0 Å². The van der Waals surface area contributed by atoms with Crippen molar-refractivity contribution in [3.8, 4) is 11.5 Å². The maximum Gasteiger partial charge on any atom is 0.161 e. The predicted octanol–water partition coefficient (Wildman–Crippen LogP) is 1.35. The number of ether oxygens (including phenoxy) is 3. The van der Waals surface area contributed by atoms with Gasteiger partial charge in [0.05, 0.1) is 27.4 Å². The van der Waals surface area contributed by atoms with E-state index in [-0.39, 0.29) is 12.0 Å². The van der Waals surface area contributed by atoms with Crippen molar-refractivity contribution in [1.82, 2.24) is 0 Å². The van der Waals surface area contributed by atoms with Crippen LogP contribution in [0.15, 0.2) is 18.2 Å². The van der Waals surface area contributed by atoms with E-state index in [1.54, 1.807) is 14.2 Å². The van der Waals surface area contributed by atoms with Gasteiger partial charge in [0.25, 0.3) is 0 Å². The summed E-state index contributed by atoms with van der Waals surface area (Å²) in [6, 6.07) is 5.88. The van der Waals surface area contributed by atoms with Gasteiger partial charge in [-0.3, -0.25) is 0 Å². The second-order valence-corrected chi connectivity index (χ2v) is 4.32. The highest BCUT2D eigenvalue weighted by molar-refractivity contribution is 5.45. The molecule has 1 aromatic rings. The molecule has 17 heavy (non-hydrogen) atoms. The van der Waals surface area contributed by atoms with Crippen LogP contribution in [0.25, 0.3) is 0 Å². The molecule has 0 radical (unpaired) electrons. The molecule has 4 nitrogen and oxygen atoms in total. The molecule has 1 saturated heterocycles. The van der Waals surface area contributed by atoms with E-state index in [0.29, 0.717) is 25.4 Å². The summed E-state index contributed by atoms with van der Waals surface area (Å²) in [7, 11) is 3.24. The Morgan fingerprint density at radius 1 is 1.24 bits per heavy atom. The second-order valence-electron chi connectivity index (χ2n) is 4.32. The Balaban J connectivity index is 2.32. The van der Waals surface area contributed by atoms with Gasteiger partial charge in [0.1, 0.15) is 0 Å². The molecule has 1 aliphatic heterocycles. The quantitative estimate of drug-likeness (QED) is 0.841. The van der Waals surface area contributed by atoms with Crippen molar-refractivity contribution in [1.29, 1.82) is 0 Å². The highest BCUT2D eigenvalue weighted by Gasteiger charge is 2.40. The summed E-state index contributed by atoms with van der Waals surface area (Å²) in [5.74, 6) is 1.44. The van der Waals surface area contributed by atoms with Crippen LogP contribution >= 0.6 is 0 Å². The minimum atomic E-state index is -0.0612. The van der Waals surface area contributed by atoms with Crippen LogP contribution in [-0.2, 0) is 10.2 Å². The molecule has 1 fully saturated rings. The van der Waals surface area contributed by atoms with Crippen molar-refractivity contribution in [3.63, 3.8) is 0 Å². The largest absolute Gasteiger partial charge is 0.493 e. The van der Waals surface area contributed by atoms with Crippen LogP contribution in [0.5, 0.6) is 11.5 Å². The minimum Gasteiger partial charge on any atom is -0.493 e. The Kier molecular flexibility index (Phi) is 3.54. The molecule has 0 bridgehead atoms. The SMILES string of the molecule is COc1ccc(C2(CCO)COC2)cc1OC. The Bertz CT molecular complexity index is 385. The van der Waals surface area contributed by atoms with Crippen LogP contribution in [-0.4, -0.2) is 39.1 Å². The molecular formula is C13H18O4. The van der Waals surface area contributed by atoms with E-state index in [9.17, 15) is 0 Å². The lowest BCUT2D eigenvalue weighted by molar-refractivity contribution is -0.0701. The summed E-state index contributed by atoms with van der Waals surface area (Å²) < 4.78 is 15.8. The first-order valence-corrected chi connectivity index (χ1v) is 5.67. The van der Waals surface area contributed by atoms with Crippen molar-refractivity contribution >= 4 is 0 Å². The van der Waals surface area contributed by atoms with Crippen LogP contribution in [0.1, 0.15) is 12.0 Å². The maximum atomic E-state index is 9.14. The molecule has 0 aliphatic carbocycles. The van der Waals surface area contributed by atoms with Gasteiger partial charge in [-0.1, -0.05) is 6.07 Å². The standard InChI is InChI=1S/C13H18O4/c1-15-11-4-3-10(7-12(11)16-2)13(5-6-14)8-17-9-13/h3-4,7,14H,5-6,8-9H2,1-2H3. The van der Waals surface area contributed by atoms with Crippen molar-refractivity contribution in [2.24, 2.45) is 0 Å². The fourth-order valence-corrected chi connectivity index (χ4v) is 2.18. The van der Waals surface area contributed by atoms with Crippen LogP contribution in [0, 0.1) is 0 Å². The Labute approximate surface area is 101 Å². The fraction of sp³-hybridized carbons (Fsp3) is 0.538. The van der Waals surface area contributed by atoms with Crippen LogP contribution < -0.4 is 9.47 Å². The number of benzene rings is 1. The molecule has 0 aromatic heterocycles. The van der Waals surface area contributed by atoms with E-state index in [2.05, 4.69) is 0 Å². The first-order chi connectivity index (χ1) is 8.25. The average molecular weight is 238 g/mol. The number of aliphatic hydroxyl groups excluding tert-OH is 1. The van der Waals surface area contributed by atoms with E-state index >= 15 is 0 Å². The van der Waals surface area contributed by atoms with Gasteiger partial charge >= 0.3 is 0 Å². The third-order valence-corrected chi connectivity index (χ3v) is 3.34. The highest BCUT2D eigenvalue weighted by Crippen LogP contribution is 2.39. The van der Waals surface area contributed by atoms with E-state index in [1.807, 2.05) is 18.2 Å². The summed E-state index contributed by atoms with van der Waals surface area (Å²) in [6.07, 6.45) is 0.711. The number of hydrogen-bond acceptors (Lipinski definition) is 4. The van der Waals surface area contributed by atoms with Crippen molar-refractivity contribution in [3.05, 3.63) is 23.8 Å². The third kappa shape index (κ3) is 2.10. The van der Waals surface area contributed by atoms with Crippen molar-refractivity contribution < 1.29 is 19.3 Å². The van der Waals surface area contributed by atoms with Gasteiger partial charge in [0.15, 0.2) is 11.5 Å². The minimum absolute atomic E-state index is 0.0612. The summed E-state index contributed by atoms with van der Waals surface area (Å²) in [4.78, 5) is 0. The van der Waals surface area contributed by atoms with Gasteiger partial charge in [-0.25, -0.2) is 0 Å². The molecule has 94 valence electrons. The molecule has 0 atom stereocenters. The molecule has 2 rings (SSSR count). The van der Waals surface area contributed by atoms with Crippen LogP contribution in [0.2, 0.25) is 0 Å². The molecule has 0 unspecified atom stereocenters. The maximum absolute atomic E-state index is 9.14. The summed E-state index contributed by atoms with van der Waals surface area (Å²) in [5.41, 5.74) is 1.07. The summed E-state index contributed by atoms with van der Waals surface area (Å²) >= 11 is 0. The molecule has 1 N–H and O–H groups in total. The van der Waals surface area contributed by atoms with Gasteiger partial charge in [-0.2, -0.15) is 0 Å². The zero-order valence-electron chi connectivity index (χ0n) is 10.2. The van der Waals surface area contributed by atoms with Crippen LogP contribution in [0.3, 0.4) is 0 Å². The van der Waals surface area contributed by atoms with Crippen LogP contribution in [0.4, 0.5) is 0 Å². The van der Waals surface area contributed by atoms with Gasteiger partial charge in [0, 0.05) is 12.0 Å². The topological polar surface area (TPSA) is 47.9 Å². The molecule has 0 spiro atoms. The average Bonchev–Trinajstić information content (AvgIpc) is 2.33. The Hall–Kier alpha value is -1.26. The van der Waals surface area contributed by atoms with Crippen molar-refractivity contribution in [2.45, 2.75) is 11.8 Å². The van der Waals surface area contributed by atoms with Gasteiger partial charge in [-0.05, 0) is 24.1 Å². The third-order valence-electron chi connectivity index (χ3n) is 3.34. The monoisotopic (exact) mass is 238 g/mol. The van der Waals surface area contributed by atoms with E-state index in [0.717, 1.165) is 11.3 Å². The lowest BCUT2D eigenvalue weighted by Gasteiger charge is -2.41. The smallest absolute Gasteiger partial charge is 0.161 e. The fourth-order valence-electron chi connectivity index (χ4n) is 2.18. The lowest BCUT2D eigenvalue weighted by atomic mass is 9.76. The summed E-state index contributed by atoms with van der Waals surface area (Å²) in [5, 5.41) is 9.14. The Morgan fingerprint density at radius 3 is 2.41 bits per heavy atom. The number of aliphatic hydroxyl groups is 1. The van der Waals surface area contributed by atoms with Gasteiger partial charge in [0.2, 0.25) is 0 Å². The molecule has 4 heteroatoms. The summed E-state index contributed by atoms with van der Waals surface area (Å²) in [6.45, 7) is 1.48. The molecule has 1 aromatic carbocycles. The van der Waals surface area contributed by atoms with Gasteiger partial charge in [-0.15, -0.1) is 0 Å². The normalized spacial score (nSPS) is 17.4.